The number of rotatable bonds is 5. The van der Waals surface area contributed by atoms with E-state index in [1.807, 2.05) is 0 Å². The Bertz CT molecular complexity index is 636. The Morgan fingerprint density at radius 3 is 2.68 bits per heavy atom. The Labute approximate surface area is 111 Å². The number of hydrogen-bond donors (Lipinski definition) is 1. The highest BCUT2D eigenvalue weighted by molar-refractivity contribution is 7.90. The summed E-state index contributed by atoms with van der Waals surface area (Å²) < 4.78 is 31.2. The van der Waals surface area contributed by atoms with Gasteiger partial charge in [0.15, 0.2) is 5.76 Å². The smallest absolute Gasteiger partial charge is 0.214 e. The molecule has 19 heavy (non-hydrogen) atoms. The van der Waals surface area contributed by atoms with Crippen LogP contribution in [0.4, 0.5) is 0 Å². The summed E-state index contributed by atoms with van der Waals surface area (Å²) in [7, 11) is -3.33. The summed E-state index contributed by atoms with van der Waals surface area (Å²) in [5.74, 6) is 0.562. The lowest BCUT2D eigenvalue weighted by atomic mass is 10.2. The Kier molecular flexibility index (Phi) is 3.96. The summed E-state index contributed by atoms with van der Waals surface area (Å²) in [6.45, 7) is 3.32. The molecule has 102 valence electrons. The molecule has 0 aliphatic carbocycles. The molecule has 0 radical (unpaired) electrons. The third-order valence-electron chi connectivity index (χ3n) is 2.59. The number of furan rings is 1. The summed E-state index contributed by atoms with van der Waals surface area (Å²) in [5, 5.41) is -0.490. The Morgan fingerprint density at radius 1 is 1.32 bits per heavy atom. The summed E-state index contributed by atoms with van der Waals surface area (Å²) in [6.07, 6.45) is 4.59. The van der Waals surface area contributed by atoms with Gasteiger partial charge in [0.25, 0.3) is 0 Å². The molecule has 2 aromatic rings. The second kappa shape index (κ2) is 5.50. The fourth-order valence-corrected chi connectivity index (χ4v) is 2.12. The van der Waals surface area contributed by atoms with E-state index in [2.05, 4.69) is 14.7 Å². The molecule has 2 rings (SSSR count). The van der Waals surface area contributed by atoms with Gasteiger partial charge in [0, 0.05) is 12.4 Å². The molecular formula is C12H15N3O3S. The van der Waals surface area contributed by atoms with Gasteiger partial charge in [-0.05, 0) is 26.0 Å². The maximum atomic E-state index is 11.7. The maximum absolute atomic E-state index is 11.7. The van der Waals surface area contributed by atoms with E-state index in [0.29, 0.717) is 17.1 Å². The zero-order valence-electron chi connectivity index (χ0n) is 10.7. The van der Waals surface area contributed by atoms with Crippen LogP contribution in [0, 0.1) is 0 Å². The van der Waals surface area contributed by atoms with E-state index in [-0.39, 0.29) is 6.54 Å². The molecule has 2 heterocycles. The molecular weight excluding hydrogens is 266 g/mol. The highest BCUT2D eigenvalue weighted by Crippen LogP contribution is 2.19. The molecule has 0 fully saturated rings. The van der Waals surface area contributed by atoms with E-state index in [4.69, 9.17) is 4.42 Å². The predicted octanol–water partition coefficient (Wildman–Crippen LogP) is 1.56. The second-order valence-corrected chi connectivity index (χ2v) is 6.57. The third-order valence-corrected chi connectivity index (χ3v) is 4.38. The van der Waals surface area contributed by atoms with E-state index >= 15 is 0 Å². The van der Waals surface area contributed by atoms with Crippen molar-refractivity contribution in [2.45, 2.75) is 25.6 Å². The summed E-state index contributed by atoms with van der Waals surface area (Å²) >= 11 is 0. The second-order valence-electron chi connectivity index (χ2n) is 4.24. The van der Waals surface area contributed by atoms with Crippen LogP contribution in [-0.4, -0.2) is 23.6 Å². The van der Waals surface area contributed by atoms with Crippen molar-refractivity contribution in [3.63, 3.8) is 0 Å². The topological polar surface area (TPSA) is 85.1 Å². The number of nitrogens with zero attached hydrogens (tertiary/aromatic N) is 2. The fraction of sp³-hybridized carbons (Fsp3) is 0.333. The standard InChI is InChI=1S/C12H15N3O3S/c1-9(2)19(16,17)15-8-10-12(14-6-5-13-10)11-4-3-7-18-11/h3-7,9,15H,8H2,1-2H3. The fourth-order valence-electron chi connectivity index (χ4n) is 1.45. The van der Waals surface area contributed by atoms with Gasteiger partial charge in [-0.1, -0.05) is 0 Å². The third kappa shape index (κ3) is 3.18. The largest absolute Gasteiger partial charge is 0.463 e. The first-order chi connectivity index (χ1) is 9.00. The van der Waals surface area contributed by atoms with Crippen LogP contribution in [0.1, 0.15) is 19.5 Å². The summed E-state index contributed by atoms with van der Waals surface area (Å²) in [5.41, 5.74) is 1.07. The van der Waals surface area contributed by atoms with Crippen molar-refractivity contribution < 1.29 is 12.8 Å². The zero-order valence-corrected chi connectivity index (χ0v) is 11.5. The molecule has 7 heteroatoms. The molecule has 0 aliphatic rings. The van der Waals surface area contributed by atoms with Gasteiger partial charge in [0.2, 0.25) is 10.0 Å². The minimum absolute atomic E-state index is 0.0877. The lowest BCUT2D eigenvalue weighted by molar-refractivity contribution is 0.568. The van der Waals surface area contributed by atoms with Gasteiger partial charge < -0.3 is 4.42 Å². The van der Waals surface area contributed by atoms with E-state index in [1.165, 1.54) is 18.7 Å². The van der Waals surface area contributed by atoms with E-state index in [1.54, 1.807) is 26.0 Å². The average molecular weight is 281 g/mol. The van der Waals surface area contributed by atoms with Gasteiger partial charge in [-0.2, -0.15) is 0 Å². The average Bonchev–Trinajstić information content (AvgIpc) is 2.90. The van der Waals surface area contributed by atoms with Crippen molar-refractivity contribution in [3.05, 3.63) is 36.5 Å². The first kappa shape index (κ1) is 13.7. The summed E-state index contributed by atoms with van der Waals surface area (Å²) in [6, 6.07) is 3.50. The number of sulfonamides is 1. The molecule has 0 bridgehead atoms. The van der Waals surface area contributed by atoms with Gasteiger partial charge in [-0.15, -0.1) is 0 Å². The predicted molar refractivity (Wildman–Crippen MR) is 70.6 cm³/mol. The number of hydrogen-bond acceptors (Lipinski definition) is 5. The molecule has 6 nitrogen and oxygen atoms in total. The zero-order chi connectivity index (χ0) is 13.9. The molecule has 0 aliphatic heterocycles. The number of aromatic nitrogens is 2. The van der Waals surface area contributed by atoms with Gasteiger partial charge in [0.05, 0.1) is 23.8 Å². The highest BCUT2D eigenvalue weighted by Gasteiger charge is 2.17. The van der Waals surface area contributed by atoms with Crippen LogP contribution in [0.3, 0.4) is 0 Å². The van der Waals surface area contributed by atoms with Crippen LogP contribution in [0.5, 0.6) is 0 Å². The number of nitrogens with one attached hydrogen (secondary N) is 1. The van der Waals surface area contributed by atoms with Crippen molar-refractivity contribution in [1.82, 2.24) is 14.7 Å². The normalized spacial score (nSPS) is 11.9. The van der Waals surface area contributed by atoms with E-state index < -0.39 is 15.3 Å². The molecule has 1 N–H and O–H groups in total. The lowest BCUT2D eigenvalue weighted by Crippen LogP contribution is -2.30. The van der Waals surface area contributed by atoms with Crippen LogP contribution in [-0.2, 0) is 16.6 Å². The van der Waals surface area contributed by atoms with Crippen molar-refractivity contribution in [2.24, 2.45) is 0 Å². The Balaban J connectivity index is 2.23. The molecule has 2 aromatic heterocycles. The minimum atomic E-state index is -3.33. The molecule has 0 amide bonds. The molecule has 0 spiro atoms. The SMILES string of the molecule is CC(C)S(=O)(=O)NCc1nccnc1-c1ccco1. The van der Waals surface area contributed by atoms with Crippen LogP contribution in [0.15, 0.2) is 35.2 Å². The van der Waals surface area contributed by atoms with E-state index in [0.717, 1.165) is 0 Å². The summed E-state index contributed by atoms with van der Waals surface area (Å²) in [4.78, 5) is 8.32. The molecule has 0 aromatic carbocycles. The molecule has 0 saturated carbocycles. The molecule has 0 unspecified atom stereocenters. The van der Waals surface area contributed by atoms with Gasteiger partial charge >= 0.3 is 0 Å². The van der Waals surface area contributed by atoms with Crippen molar-refractivity contribution in [1.29, 1.82) is 0 Å². The van der Waals surface area contributed by atoms with Gasteiger partial charge in [0.1, 0.15) is 5.69 Å². The van der Waals surface area contributed by atoms with Crippen molar-refractivity contribution in [3.8, 4) is 11.5 Å². The molecule has 0 atom stereocenters. The lowest BCUT2D eigenvalue weighted by Gasteiger charge is -2.10. The van der Waals surface area contributed by atoms with Gasteiger partial charge in [-0.25, -0.2) is 18.1 Å². The Hall–Kier alpha value is -1.73. The van der Waals surface area contributed by atoms with Gasteiger partial charge in [-0.3, -0.25) is 4.98 Å². The minimum Gasteiger partial charge on any atom is -0.463 e. The van der Waals surface area contributed by atoms with Crippen LogP contribution in [0.2, 0.25) is 0 Å². The van der Waals surface area contributed by atoms with E-state index in [9.17, 15) is 8.42 Å². The monoisotopic (exact) mass is 281 g/mol. The molecule has 0 saturated heterocycles. The maximum Gasteiger partial charge on any atom is 0.214 e. The van der Waals surface area contributed by atoms with Crippen LogP contribution in [0.25, 0.3) is 11.5 Å². The van der Waals surface area contributed by atoms with Crippen molar-refractivity contribution >= 4 is 10.0 Å². The Morgan fingerprint density at radius 2 is 2.05 bits per heavy atom. The first-order valence-electron chi connectivity index (χ1n) is 5.83. The highest BCUT2D eigenvalue weighted by atomic mass is 32.2. The van der Waals surface area contributed by atoms with Crippen LogP contribution >= 0.6 is 0 Å². The van der Waals surface area contributed by atoms with Crippen LogP contribution < -0.4 is 4.72 Å². The first-order valence-corrected chi connectivity index (χ1v) is 7.37. The quantitative estimate of drug-likeness (QED) is 0.899. The van der Waals surface area contributed by atoms with Crippen molar-refractivity contribution in [2.75, 3.05) is 0 Å².